The van der Waals surface area contributed by atoms with Crippen LogP contribution in [-0.4, -0.2) is 48.2 Å². The molecule has 0 aromatic rings. The maximum absolute atomic E-state index is 11.4. The molecule has 0 saturated heterocycles. The molecule has 148 valence electrons. The van der Waals surface area contributed by atoms with Crippen LogP contribution in [0.4, 0.5) is 13.2 Å². The number of unbranched alkanes of at least 4 members (excludes halogenated alkanes) is 1. The number of sulfonamides is 2. The summed E-state index contributed by atoms with van der Waals surface area (Å²) in [5.74, 6) is 0.913. The van der Waals surface area contributed by atoms with Crippen LogP contribution in [0.2, 0.25) is 0 Å². The van der Waals surface area contributed by atoms with E-state index >= 15 is 0 Å². The SMILES string of the molecule is CCCCC(CC)C[NH2+]CCN.CS(=O)(=O)[N-]S(=O)(=O)C(F)(F)F. The number of rotatable bonds is 10. The number of nitrogens with zero attached hydrogens (tertiary/aromatic N) is 1. The summed E-state index contributed by atoms with van der Waals surface area (Å²) in [5, 5.41) is 2.35. The van der Waals surface area contributed by atoms with Gasteiger partial charge in [0.05, 0.1) is 23.1 Å². The highest BCUT2D eigenvalue weighted by Crippen LogP contribution is 2.29. The van der Waals surface area contributed by atoms with Crippen LogP contribution >= 0.6 is 0 Å². The number of hydrogen-bond acceptors (Lipinski definition) is 5. The summed E-state index contributed by atoms with van der Waals surface area (Å²) in [4.78, 5) is 0. The van der Waals surface area contributed by atoms with E-state index in [4.69, 9.17) is 5.73 Å². The number of quaternary nitrogens is 1. The average molecular weight is 400 g/mol. The Bertz CT molecular complexity index is 522. The van der Waals surface area contributed by atoms with E-state index in [9.17, 15) is 30.0 Å². The zero-order valence-corrected chi connectivity index (χ0v) is 15.8. The number of halogens is 3. The van der Waals surface area contributed by atoms with Crippen molar-refractivity contribution in [2.24, 2.45) is 11.7 Å². The molecule has 0 aromatic carbocycles. The molecule has 0 saturated carbocycles. The van der Waals surface area contributed by atoms with Crippen molar-refractivity contribution in [2.45, 2.75) is 45.0 Å². The van der Waals surface area contributed by atoms with Crippen LogP contribution in [0, 0.1) is 5.92 Å². The molecule has 0 bridgehead atoms. The molecule has 0 fully saturated rings. The smallest absolute Gasteiger partial charge is 0.429 e. The molecule has 0 radical (unpaired) electrons. The minimum Gasteiger partial charge on any atom is -0.429 e. The molecule has 0 aliphatic carbocycles. The third-order valence-corrected chi connectivity index (χ3v) is 5.39. The Labute approximate surface area is 142 Å². The summed E-state index contributed by atoms with van der Waals surface area (Å²) in [6, 6.07) is 0. The molecule has 7 nitrogen and oxygen atoms in total. The molecule has 0 amide bonds. The monoisotopic (exact) mass is 399 g/mol. The quantitative estimate of drug-likeness (QED) is 0.528. The Kier molecular flexibility index (Phi) is 12.9. The van der Waals surface area contributed by atoms with Crippen molar-refractivity contribution in [3.63, 3.8) is 0 Å². The van der Waals surface area contributed by atoms with Gasteiger partial charge in [-0.25, -0.2) is 16.8 Å². The fourth-order valence-corrected chi connectivity index (χ4v) is 3.44. The van der Waals surface area contributed by atoms with Gasteiger partial charge in [0.1, 0.15) is 0 Å². The molecule has 0 aromatic heterocycles. The fraction of sp³-hybridized carbons (Fsp3) is 1.00. The second-order valence-electron chi connectivity index (χ2n) is 5.25. The van der Waals surface area contributed by atoms with Gasteiger partial charge in [0.15, 0.2) is 10.0 Å². The Balaban J connectivity index is 0. The lowest BCUT2D eigenvalue weighted by atomic mass is 9.99. The predicted molar refractivity (Wildman–Crippen MR) is 87.2 cm³/mol. The zero-order chi connectivity index (χ0) is 19.4. The van der Waals surface area contributed by atoms with Gasteiger partial charge in [-0.2, -0.15) is 13.2 Å². The summed E-state index contributed by atoms with van der Waals surface area (Å²) < 4.78 is 76.0. The molecule has 0 heterocycles. The van der Waals surface area contributed by atoms with Gasteiger partial charge in [-0.15, -0.1) is 0 Å². The van der Waals surface area contributed by atoms with Gasteiger partial charge in [0.2, 0.25) is 0 Å². The second-order valence-corrected chi connectivity index (χ2v) is 8.72. The summed E-state index contributed by atoms with van der Waals surface area (Å²) in [5.41, 5.74) is -0.245. The van der Waals surface area contributed by atoms with E-state index < -0.39 is 25.6 Å². The number of nitrogens with two attached hydrogens (primary N) is 2. The fourth-order valence-electron chi connectivity index (χ4n) is 1.67. The van der Waals surface area contributed by atoms with Crippen molar-refractivity contribution in [3.05, 3.63) is 4.13 Å². The van der Waals surface area contributed by atoms with Gasteiger partial charge in [0.25, 0.3) is 0 Å². The lowest BCUT2D eigenvalue weighted by Crippen LogP contribution is -2.86. The summed E-state index contributed by atoms with van der Waals surface area (Å²) in [6.45, 7) is 7.72. The van der Waals surface area contributed by atoms with E-state index in [2.05, 4.69) is 19.2 Å². The molecule has 12 heteroatoms. The van der Waals surface area contributed by atoms with Crippen LogP contribution in [0.5, 0.6) is 0 Å². The first kappa shape index (κ1) is 25.8. The zero-order valence-electron chi connectivity index (χ0n) is 14.2. The first-order chi connectivity index (χ1) is 10.8. The number of hydrogen-bond donors (Lipinski definition) is 2. The van der Waals surface area contributed by atoms with Gasteiger partial charge in [0, 0.05) is 18.7 Å². The van der Waals surface area contributed by atoms with E-state index in [0.29, 0.717) is 0 Å². The van der Waals surface area contributed by atoms with Crippen molar-refractivity contribution >= 4 is 20.0 Å². The van der Waals surface area contributed by atoms with E-state index in [0.717, 1.165) is 19.0 Å². The summed E-state index contributed by atoms with van der Waals surface area (Å²) in [7, 11) is -10.5. The molecule has 0 spiro atoms. The molecular formula is C12H28F3N3O4S2. The maximum atomic E-state index is 11.4. The van der Waals surface area contributed by atoms with Gasteiger partial charge in [-0.05, 0) is 12.8 Å². The predicted octanol–water partition coefficient (Wildman–Crippen LogP) is 0.894. The van der Waals surface area contributed by atoms with Crippen molar-refractivity contribution in [1.82, 2.24) is 0 Å². The van der Waals surface area contributed by atoms with E-state index in [1.807, 2.05) is 0 Å². The van der Waals surface area contributed by atoms with Gasteiger partial charge in [-0.3, -0.25) is 0 Å². The molecule has 0 aliphatic rings. The van der Waals surface area contributed by atoms with E-state index in [1.54, 1.807) is 4.13 Å². The highest BCUT2D eigenvalue weighted by atomic mass is 32.3. The normalized spacial score (nSPS) is 14.0. The highest BCUT2D eigenvalue weighted by molar-refractivity contribution is 8.12. The second kappa shape index (κ2) is 12.0. The molecular weight excluding hydrogens is 371 g/mol. The van der Waals surface area contributed by atoms with E-state index in [1.165, 1.54) is 32.2 Å². The minimum atomic E-state index is -5.92. The average Bonchev–Trinajstić information content (AvgIpc) is 2.39. The summed E-state index contributed by atoms with van der Waals surface area (Å²) in [6.07, 6.45) is 5.67. The van der Waals surface area contributed by atoms with Crippen LogP contribution in [0.3, 0.4) is 0 Å². The molecule has 1 unspecified atom stereocenters. The van der Waals surface area contributed by atoms with Crippen molar-refractivity contribution in [2.75, 3.05) is 25.9 Å². The third kappa shape index (κ3) is 14.0. The molecule has 1 atom stereocenters. The standard InChI is InChI=1S/C10H24N2.C2H3F3NO4S2/c1-3-5-6-10(4-2)9-12-8-7-11;1-11(7,8)6-12(9,10)2(3,4)5/h10,12H,3-9,11H2,1-2H3;1H3/q;-1/p+1. The molecule has 0 rings (SSSR count). The van der Waals surface area contributed by atoms with E-state index in [-0.39, 0.29) is 6.26 Å². The topological polar surface area (TPSA) is 125 Å². The first-order valence-electron chi connectivity index (χ1n) is 7.57. The van der Waals surface area contributed by atoms with Crippen molar-refractivity contribution in [3.8, 4) is 0 Å². The molecule has 0 aliphatic heterocycles. The Morgan fingerprint density at radius 2 is 1.71 bits per heavy atom. The summed E-state index contributed by atoms with van der Waals surface area (Å²) >= 11 is 0. The Morgan fingerprint density at radius 1 is 1.17 bits per heavy atom. The minimum absolute atomic E-state index is 0.246. The van der Waals surface area contributed by atoms with Gasteiger partial charge in [-0.1, -0.05) is 26.7 Å². The molecule has 24 heavy (non-hydrogen) atoms. The highest BCUT2D eigenvalue weighted by Gasteiger charge is 2.39. The van der Waals surface area contributed by atoms with Gasteiger partial charge < -0.3 is 15.2 Å². The van der Waals surface area contributed by atoms with Crippen molar-refractivity contribution in [1.29, 1.82) is 0 Å². The third-order valence-electron chi connectivity index (χ3n) is 2.94. The Morgan fingerprint density at radius 3 is 2.00 bits per heavy atom. The van der Waals surface area contributed by atoms with Gasteiger partial charge >= 0.3 is 5.51 Å². The van der Waals surface area contributed by atoms with Crippen LogP contribution in [0.1, 0.15) is 39.5 Å². The van der Waals surface area contributed by atoms with Crippen molar-refractivity contribution < 1.29 is 35.3 Å². The lowest BCUT2D eigenvalue weighted by Gasteiger charge is -2.19. The number of alkyl halides is 3. The maximum Gasteiger partial charge on any atom is 0.480 e. The first-order valence-corrected chi connectivity index (χ1v) is 10.9. The largest absolute Gasteiger partial charge is 0.480 e. The van der Waals surface area contributed by atoms with Crippen LogP contribution in [0.25, 0.3) is 4.13 Å². The van der Waals surface area contributed by atoms with Crippen LogP contribution in [0.15, 0.2) is 0 Å². The Hall–Kier alpha value is -0.430. The molecule has 4 N–H and O–H groups in total. The van der Waals surface area contributed by atoms with Crippen LogP contribution < -0.4 is 11.1 Å². The van der Waals surface area contributed by atoms with Crippen LogP contribution in [-0.2, 0) is 20.0 Å². The lowest BCUT2D eigenvalue weighted by molar-refractivity contribution is -0.658.